The molecule has 0 aliphatic rings. The Morgan fingerprint density at radius 3 is 2.61 bits per heavy atom. The van der Waals surface area contributed by atoms with Crippen molar-refractivity contribution in [3.8, 4) is 5.75 Å². The summed E-state index contributed by atoms with van der Waals surface area (Å²) in [4.78, 5) is 12.4. The van der Waals surface area contributed by atoms with Gasteiger partial charge in [-0.15, -0.1) is 0 Å². The highest BCUT2D eigenvalue weighted by Gasteiger charge is 2.11. The summed E-state index contributed by atoms with van der Waals surface area (Å²) >= 11 is 21.5. The summed E-state index contributed by atoms with van der Waals surface area (Å²) in [5, 5.41) is 8.11. The van der Waals surface area contributed by atoms with Crippen molar-refractivity contribution in [2.45, 2.75) is 13.2 Å². The number of ether oxygens (including phenoxy) is 1. The van der Waals surface area contributed by atoms with E-state index < -0.39 is 0 Å². The van der Waals surface area contributed by atoms with Crippen LogP contribution in [0.15, 0.2) is 53.3 Å². The quantitative estimate of drug-likeness (QED) is 0.456. The van der Waals surface area contributed by atoms with Crippen LogP contribution in [0.2, 0.25) is 15.1 Å². The normalized spacial score (nSPS) is 10.7. The fourth-order valence-corrected chi connectivity index (χ4v) is 3.73. The number of aromatic nitrogens is 2. The SMILES string of the molecule is O=C(NCCn1cc(Br)cn1)c1cccc(COc2c(Cl)cc(Cl)cc2Cl)c1. The summed E-state index contributed by atoms with van der Waals surface area (Å²) in [5.41, 5.74) is 1.35. The molecule has 0 saturated heterocycles. The zero-order valence-electron chi connectivity index (χ0n) is 14.5. The Bertz CT molecular complexity index is 971. The maximum Gasteiger partial charge on any atom is 0.251 e. The van der Waals surface area contributed by atoms with E-state index in [4.69, 9.17) is 39.5 Å². The molecule has 0 aliphatic carbocycles. The molecule has 0 atom stereocenters. The molecule has 2 aromatic carbocycles. The third-order valence-corrected chi connectivity index (χ3v) is 4.95. The van der Waals surface area contributed by atoms with Crippen molar-refractivity contribution in [1.29, 1.82) is 0 Å². The number of carbonyl (C=O) groups excluding carboxylic acids is 1. The molecule has 0 radical (unpaired) electrons. The molecule has 1 N–H and O–H groups in total. The molecule has 0 saturated carbocycles. The van der Waals surface area contributed by atoms with Crippen molar-refractivity contribution in [2.75, 3.05) is 6.54 Å². The Morgan fingerprint density at radius 2 is 1.93 bits per heavy atom. The van der Waals surface area contributed by atoms with Crippen LogP contribution >= 0.6 is 50.7 Å². The predicted octanol–water partition coefficient (Wildman–Crippen LogP) is 5.61. The highest BCUT2D eigenvalue weighted by Crippen LogP contribution is 2.36. The molecule has 0 aliphatic heterocycles. The first-order valence-corrected chi connectivity index (χ1v) is 10.2. The van der Waals surface area contributed by atoms with Gasteiger partial charge in [-0.2, -0.15) is 5.10 Å². The van der Waals surface area contributed by atoms with Crippen LogP contribution in [-0.2, 0) is 13.2 Å². The molecule has 1 amide bonds. The lowest BCUT2D eigenvalue weighted by atomic mass is 10.1. The van der Waals surface area contributed by atoms with Gasteiger partial charge < -0.3 is 10.1 Å². The van der Waals surface area contributed by atoms with Gasteiger partial charge in [-0.3, -0.25) is 9.48 Å². The van der Waals surface area contributed by atoms with E-state index >= 15 is 0 Å². The van der Waals surface area contributed by atoms with E-state index in [0.717, 1.165) is 10.0 Å². The molecule has 0 unspecified atom stereocenters. The first-order chi connectivity index (χ1) is 13.4. The highest BCUT2D eigenvalue weighted by molar-refractivity contribution is 9.10. The topological polar surface area (TPSA) is 56.2 Å². The minimum Gasteiger partial charge on any atom is -0.486 e. The zero-order chi connectivity index (χ0) is 20.1. The molecule has 1 aromatic heterocycles. The van der Waals surface area contributed by atoms with Crippen LogP contribution < -0.4 is 10.1 Å². The molecule has 0 spiro atoms. The number of nitrogens with one attached hydrogen (secondary N) is 1. The molecule has 5 nitrogen and oxygen atoms in total. The van der Waals surface area contributed by atoms with Crippen molar-refractivity contribution >= 4 is 56.6 Å². The molecule has 3 aromatic rings. The van der Waals surface area contributed by atoms with Gasteiger partial charge in [0, 0.05) is 23.3 Å². The van der Waals surface area contributed by atoms with E-state index in [0.29, 0.717) is 39.5 Å². The third-order valence-electron chi connectivity index (χ3n) is 3.76. The van der Waals surface area contributed by atoms with Crippen LogP contribution in [0.5, 0.6) is 5.75 Å². The fourth-order valence-electron chi connectivity index (χ4n) is 2.47. The van der Waals surface area contributed by atoms with Crippen LogP contribution in [0.4, 0.5) is 0 Å². The molecular weight excluding hydrogens is 488 g/mol. The van der Waals surface area contributed by atoms with Crippen molar-refractivity contribution in [1.82, 2.24) is 15.1 Å². The highest BCUT2D eigenvalue weighted by atomic mass is 79.9. The lowest BCUT2D eigenvalue weighted by Crippen LogP contribution is -2.27. The Kier molecular flexibility index (Phi) is 7.24. The molecule has 0 bridgehead atoms. The van der Waals surface area contributed by atoms with Gasteiger partial charge in [0.05, 0.1) is 27.3 Å². The number of halogens is 4. The number of nitrogens with zero attached hydrogens (tertiary/aromatic N) is 2. The minimum absolute atomic E-state index is 0.171. The van der Waals surface area contributed by atoms with Crippen molar-refractivity contribution in [2.24, 2.45) is 0 Å². The second kappa shape index (κ2) is 9.65. The standard InChI is InChI=1S/C19H15BrCl3N3O2/c20-14-9-25-26(10-14)5-4-24-19(27)13-3-1-2-12(6-13)11-28-18-16(22)7-15(21)8-17(18)23/h1-3,6-10H,4-5,11H2,(H,24,27). The van der Waals surface area contributed by atoms with Crippen LogP contribution in [0.1, 0.15) is 15.9 Å². The van der Waals surface area contributed by atoms with E-state index in [9.17, 15) is 4.79 Å². The van der Waals surface area contributed by atoms with Gasteiger partial charge in [-0.1, -0.05) is 46.9 Å². The van der Waals surface area contributed by atoms with Gasteiger partial charge in [-0.05, 0) is 45.8 Å². The number of hydrogen-bond donors (Lipinski definition) is 1. The smallest absolute Gasteiger partial charge is 0.251 e. The molecular formula is C19H15BrCl3N3O2. The summed E-state index contributed by atoms with van der Waals surface area (Å²) in [6.45, 7) is 1.25. The van der Waals surface area contributed by atoms with Gasteiger partial charge in [0.15, 0.2) is 5.75 Å². The van der Waals surface area contributed by atoms with Crippen LogP contribution in [0.25, 0.3) is 0 Å². The van der Waals surface area contributed by atoms with Gasteiger partial charge in [-0.25, -0.2) is 0 Å². The third kappa shape index (κ3) is 5.64. The summed E-state index contributed by atoms with van der Waals surface area (Å²) in [6, 6.07) is 10.3. The van der Waals surface area contributed by atoms with E-state index in [-0.39, 0.29) is 12.5 Å². The van der Waals surface area contributed by atoms with E-state index in [1.54, 1.807) is 41.2 Å². The summed E-state index contributed by atoms with van der Waals surface area (Å²) in [5.74, 6) is 0.184. The van der Waals surface area contributed by atoms with Gasteiger partial charge in [0.25, 0.3) is 5.91 Å². The average Bonchev–Trinajstić information content (AvgIpc) is 3.06. The maximum absolute atomic E-state index is 12.4. The van der Waals surface area contributed by atoms with Crippen LogP contribution in [-0.4, -0.2) is 22.2 Å². The second-order valence-electron chi connectivity index (χ2n) is 5.87. The molecule has 28 heavy (non-hydrogen) atoms. The number of benzene rings is 2. The summed E-state index contributed by atoms with van der Waals surface area (Å²) < 4.78 is 8.35. The van der Waals surface area contributed by atoms with Crippen molar-refractivity contribution in [3.05, 3.63) is 79.5 Å². The number of rotatable bonds is 7. The first-order valence-electron chi connectivity index (χ1n) is 8.25. The average molecular weight is 504 g/mol. The first kappa shape index (κ1) is 21.0. The molecule has 1 heterocycles. The minimum atomic E-state index is -0.171. The van der Waals surface area contributed by atoms with E-state index in [1.165, 1.54) is 0 Å². The predicted molar refractivity (Wildman–Crippen MR) is 115 cm³/mol. The Labute approximate surface area is 185 Å². The lowest BCUT2D eigenvalue weighted by molar-refractivity contribution is 0.0951. The van der Waals surface area contributed by atoms with Gasteiger partial charge >= 0.3 is 0 Å². The van der Waals surface area contributed by atoms with Crippen molar-refractivity contribution < 1.29 is 9.53 Å². The molecule has 3 rings (SSSR count). The van der Waals surface area contributed by atoms with Gasteiger partial charge in [0.1, 0.15) is 6.61 Å². The van der Waals surface area contributed by atoms with Crippen molar-refractivity contribution in [3.63, 3.8) is 0 Å². The maximum atomic E-state index is 12.4. The van der Waals surface area contributed by atoms with E-state index in [2.05, 4.69) is 26.3 Å². The molecule has 146 valence electrons. The zero-order valence-corrected chi connectivity index (χ0v) is 18.3. The fraction of sp³-hybridized carbons (Fsp3) is 0.158. The Morgan fingerprint density at radius 1 is 1.18 bits per heavy atom. The van der Waals surface area contributed by atoms with Crippen LogP contribution in [0, 0.1) is 0 Å². The lowest BCUT2D eigenvalue weighted by Gasteiger charge is -2.11. The number of carbonyl (C=O) groups is 1. The number of amides is 1. The monoisotopic (exact) mass is 501 g/mol. The summed E-state index contributed by atoms with van der Waals surface area (Å²) in [6.07, 6.45) is 3.54. The molecule has 0 fully saturated rings. The van der Waals surface area contributed by atoms with Gasteiger partial charge in [0.2, 0.25) is 0 Å². The van der Waals surface area contributed by atoms with E-state index in [1.807, 2.05) is 12.3 Å². The Balaban J connectivity index is 1.58. The largest absolute Gasteiger partial charge is 0.486 e. The second-order valence-corrected chi connectivity index (χ2v) is 8.03. The molecule has 9 heteroatoms. The summed E-state index contributed by atoms with van der Waals surface area (Å²) in [7, 11) is 0. The Hall–Kier alpha value is -1.73. The van der Waals surface area contributed by atoms with Crippen LogP contribution in [0.3, 0.4) is 0 Å². The number of hydrogen-bond acceptors (Lipinski definition) is 3.